The van der Waals surface area contributed by atoms with Gasteiger partial charge in [0.15, 0.2) is 0 Å². The summed E-state index contributed by atoms with van der Waals surface area (Å²) in [5.41, 5.74) is 0. The maximum absolute atomic E-state index is 4.97. The van der Waals surface area contributed by atoms with Crippen LogP contribution in [0.15, 0.2) is 12.7 Å². The largest absolute Gasteiger partial charge is 0.440 e. The fraction of sp³-hybridized carbons (Fsp3) is 0.333. The number of allylic oxidation sites excluding steroid dienone is 1. The summed E-state index contributed by atoms with van der Waals surface area (Å²) in [6.07, 6.45) is 1.75. The summed E-state index contributed by atoms with van der Waals surface area (Å²) in [6, 6.07) is 0. The molecule has 0 aliphatic carbocycles. The van der Waals surface area contributed by atoms with Gasteiger partial charge < -0.3 is 0 Å². The minimum Gasteiger partial charge on any atom is -0.110 e. The molecule has 0 amide bonds. The molecule has 0 unspecified atom stereocenters. The van der Waals surface area contributed by atoms with E-state index in [9.17, 15) is 0 Å². The average Bonchev–Trinajstić information content (AvgIpc) is 1.27. The molecule has 0 aliphatic rings. The molecule has 0 heterocycles. The quantitative estimate of drug-likeness (QED) is 0.327. The lowest BCUT2D eigenvalue weighted by Crippen LogP contribution is -1.91. The van der Waals surface area contributed by atoms with E-state index in [2.05, 4.69) is 6.58 Å². The Morgan fingerprint density at radius 3 is 1.25 bits per heavy atom. The molecule has 0 atom stereocenters. The highest BCUT2D eigenvalue weighted by atomic mass is 36.0. The fourth-order valence-corrected chi connectivity index (χ4v) is 0. The van der Waals surface area contributed by atoms with Gasteiger partial charge in [-0.15, -0.1) is 50.9 Å². The zero-order valence-electron chi connectivity index (χ0n) is 4.30. The van der Waals surface area contributed by atoms with Gasteiger partial charge in [0, 0.05) is 0 Å². The Morgan fingerprint density at radius 2 is 1.25 bits per heavy atom. The van der Waals surface area contributed by atoms with E-state index < -0.39 is 5.31 Å². The van der Waals surface area contributed by atoms with E-state index >= 15 is 0 Å². The minimum absolute atomic E-state index is 1.75. The van der Waals surface area contributed by atoms with Crippen LogP contribution in [0.5, 0.6) is 0 Å². The van der Waals surface area contributed by atoms with Crippen LogP contribution in [0, 0.1) is 0 Å². The Hall–Kier alpha value is 1.12. The summed E-state index contributed by atoms with van der Waals surface area (Å²) in [4.78, 5) is 0. The van der Waals surface area contributed by atoms with Crippen LogP contribution >= 0.6 is 44.3 Å². The van der Waals surface area contributed by atoms with Crippen LogP contribution in [-0.2, 0) is 0 Å². The molecule has 0 aromatic carbocycles. The lowest BCUT2D eigenvalue weighted by atomic mass is 10.8. The van der Waals surface area contributed by atoms with Gasteiger partial charge in [-0.3, -0.25) is 0 Å². The lowest BCUT2D eigenvalue weighted by molar-refractivity contribution is 1.80. The number of halogens is 4. The van der Waals surface area contributed by atoms with E-state index in [1.54, 1.807) is 6.08 Å². The average molecular weight is 212 g/mol. The first-order chi connectivity index (χ1) is 3.41. The van der Waals surface area contributed by atoms with Crippen molar-refractivity contribution in [3.63, 3.8) is 0 Å². The molecule has 0 bridgehead atoms. The van der Waals surface area contributed by atoms with Crippen LogP contribution in [0.4, 0.5) is 0 Å². The van der Waals surface area contributed by atoms with Crippen molar-refractivity contribution in [2.24, 2.45) is 0 Å². The van der Waals surface area contributed by atoms with Gasteiger partial charge in [-0.25, -0.2) is 0 Å². The monoisotopic (exact) mass is 210 g/mol. The summed E-state index contributed by atoms with van der Waals surface area (Å²) in [5.74, 6) is 0. The summed E-state index contributed by atoms with van der Waals surface area (Å²) >= 11 is 19.9. The van der Waals surface area contributed by atoms with Crippen LogP contribution in [0.2, 0.25) is 0 Å². The molecule has 0 spiro atoms. The molecule has 0 fully saturated rings. The van der Waals surface area contributed by atoms with Crippen molar-refractivity contribution in [3.05, 3.63) is 12.7 Å². The van der Waals surface area contributed by atoms with Crippen molar-refractivity contribution in [2.45, 2.75) is 6.92 Å². The maximum atomic E-state index is 4.97. The first-order valence-corrected chi connectivity index (χ1v) is 7.79. The second-order valence-electron chi connectivity index (χ2n) is 0.837. The van der Waals surface area contributed by atoms with Crippen molar-refractivity contribution in [2.75, 3.05) is 0 Å². The zero-order chi connectivity index (χ0) is 7.21. The van der Waals surface area contributed by atoms with Crippen LogP contribution in [0.3, 0.4) is 0 Å². The van der Waals surface area contributed by atoms with Crippen LogP contribution in [0.25, 0.3) is 0 Å². The smallest absolute Gasteiger partial charge is 0.110 e. The van der Waals surface area contributed by atoms with E-state index in [4.69, 9.17) is 44.3 Å². The molecule has 0 aliphatic heterocycles. The molecular weight excluding hydrogens is 206 g/mol. The van der Waals surface area contributed by atoms with Gasteiger partial charge in [0.2, 0.25) is 0 Å². The molecule has 0 aromatic rings. The van der Waals surface area contributed by atoms with Gasteiger partial charge in [-0.1, -0.05) is 6.08 Å². The number of hydrogen-bond donors (Lipinski definition) is 0. The Bertz CT molecular complexity index is 50.8. The molecule has 0 saturated carbocycles. The third kappa shape index (κ3) is 213. The van der Waals surface area contributed by atoms with Gasteiger partial charge in [0.1, 0.15) is 0 Å². The summed E-state index contributed by atoms with van der Waals surface area (Å²) in [5, 5.41) is -2.72. The Labute approximate surface area is 69.2 Å². The van der Waals surface area contributed by atoms with E-state index in [0.717, 1.165) is 0 Å². The molecule has 0 radical (unpaired) electrons. The summed E-state index contributed by atoms with van der Waals surface area (Å²) < 4.78 is 0. The summed E-state index contributed by atoms with van der Waals surface area (Å²) in [6.45, 7) is 5.25. The fourth-order valence-electron chi connectivity index (χ4n) is 0. The van der Waals surface area contributed by atoms with Gasteiger partial charge in [-0.05, 0) is 6.92 Å². The first kappa shape index (κ1) is 11.9. The highest BCUT2D eigenvalue weighted by molar-refractivity contribution is 7.81. The minimum atomic E-state index is -2.72. The van der Waals surface area contributed by atoms with E-state index in [1.165, 1.54) is 0 Å². The Kier molecular flexibility index (Phi) is 9.25. The number of rotatable bonds is 0. The Balaban J connectivity index is 0. The summed E-state index contributed by atoms with van der Waals surface area (Å²) in [7, 11) is 0. The second-order valence-corrected chi connectivity index (χ2v) is 12.0. The third-order valence-electron chi connectivity index (χ3n) is 0. The molecular formula is C3H6Cl4Si. The molecule has 0 N–H and O–H groups in total. The predicted octanol–water partition coefficient (Wildman–Crippen LogP) is 3.57. The van der Waals surface area contributed by atoms with Crippen molar-refractivity contribution in [3.8, 4) is 0 Å². The molecule has 5 heteroatoms. The van der Waals surface area contributed by atoms with Gasteiger partial charge in [0.05, 0.1) is 0 Å². The van der Waals surface area contributed by atoms with Gasteiger partial charge in [-0.2, -0.15) is 0 Å². The van der Waals surface area contributed by atoms with E-state index in [0.29, 0.717) is 0 Å². The molecule has 0 rings (SSSR count). The van der Waals surface area contributed by atoms with Gasteiger partial charge >= 0.3 is 5.31 Å². The maximum Gasteiger partial charge on any atom is 0.440 e. The molecule has 0 saturated heterocycles. The van der Waals surface area contributed by atoms with Crippen molar-refractivity contribution in [1.82, 2.24) is 0 Å². The topological polar surface area (TPSA) is 0 Å². The number of hydrogen-bond acceptors (Lipinski definition) is 0. The molecule has 8 heavy (non-hydrogen) atoms. The van der Waals surface area contributed by atoms with E-state index in [1.807, 2.05) is 6.92 Å². The normalized spacial score (nSPS) is 9.12. The molecule has 0 nitrogen and oxygen atoms in total. The second kappa shape index (κ2) is 6.24. The highest BCUT2D eigenvalue weighted by Gasteiger charge is 2.19. The van der Waals surface area contributed by atoms with Crippen molar-refractivity contribution >= 4 is 49.6 Å². The first-order valence-electron chi connectivity index (χ1n) is 1.74. The molecule has 50 valence electrons. The van der Waals surface area contributed by atoms with Crippen molar-refractivity contribution < 1.29 is 0 Å². The molecule has 0 aromatic heterocycles. The van der Waals surface area contributed by atoms with E-state index in [-0.39, 0.29) is 0 Å². The SMILES string of the molecule is C=CC.Cl[Si](Cl)(Cl)Cl. The standard InChI is InChI=1S/C3H6.Cl4Si/c1-3-2;1-5(2,3)4/h3H,1H2,2H3;. The van der Waals surface area contributed by atoms with Crippen LogP contribution in [0.1, 0.15) is 6.92 Å². The lowest BCUT2D eigenvalue weighted by Gasteiger charge is -1.85. The zero-order valence-corrected chi connectivity index (χ0v) is 8.32. The van der Waals surface area contributed by atoms with Crippen LogP contribution < -0.4 is 0 Å². The van der Waals surface area contributed by atoms with Crippen molar-refractivity contribution in [1.29, 1.82) is 0 Å². The predicted molar refractivity (Wildman–Crippen MR) is 45.0 cm³/mol. The third-order valence-corrected chi connectivity index (χ3v) is 0. The van der Waals surface area contributed by atoms with Gasteiger partial charge in [0.25, 0.3) is 0 Å². The van der Waals surface area contributed by atoms with Crippen LogP contribution in [-0.4, -0.2) is 5.31 Å². The Morgan fingerprint density at radius 1 is 1.25 bits per heavy atom. The highest BCUT2D eigenvalue weighted by Crippen LogP contribution is 2.23.